The van der Waals surface area contributed by atoms with Crippen molar-refractivity contribution in [2.75, 3.05) is 40.4 Å². The second-order valence-corrected chi connectivity index (χ2v) is 22.5. The molecule has 0 radical (unpaired) electrons. The first-order chi connectivity index (χ1) is 32.8. The van der Waals surface area contributed by atoms with Gasteiger partial charge in [0.15, 0.2) is 0 Å². The number of aromatic nitrogens is 2. The molecule has 0 aliphatic carbocycles. The van der Waals surface area contributed by atoms with Gasteiger partial charge in [-0.05, 0) is 109 Å². The molecule has 4 aliphatic rings. The number of ether oxygens (including phenoxy) is 2. The number of alkyl halides is 2. The number of carbonyl (C=O) groups excluding carboxylic acids is 5. The Morgan fingerprint density at radius 2 is 1.86 bits per heavy atom. The lowest BCUT2D eigenvalue weighted by Gasteiger charge is -2.42. The number of benzene rings is 2. The zero-order chi connectivity index (χ0) is 49.6. The minimum atomic E-state index is -2.44. The van der Waals surface area contributed by atoms with E-state index in [0.29, 0.717) is 31.4 Å². The molecule has 14 nitrogen and oxygen atoms in total. The molecule has 2 saturated heterocycles. The maximum Gasteiger partial charge on any atom is 0.324 e. The lowest BCUT2D eigenvalue weighted by atomic mass is 9.83. The van der Waals surface area contributed by atoms with Crippen molar-refractivity contribution in [3.63, 3.8) is 0 Å². The summed E-state index contributed by atoms with van der Waals surface area (Å²) < 4.78 is 32.6. The Labute approximate surface area is 413 Å². The predicted molar refractivity (Wildman–Crippen MR) is 273 cm³/mol. The van der Waals surface area contributed by atoms with Gasteiger partial charge in [-0.15, -0.1) is 20.7 Å². The van der Waals surface area contributed by atoms with Crippen LogP contribution in [0.15, 0.2) is 84.7 Å². The molecule has 69 heavy (non-hydrogen) atoms. The average Bonchev–Trinajstić information content (AvgIpc) is 4.07. The van der Waals surface area contributed by atoms with Crippen molar-refractivity contribution >= 4 is 65.2 Å². The fourth-order valence-electron chi connectivity index (χ4n) is 10.2. The topological polar surface area (TPSA) is 155 Å². The van der Waals surface area contributed by atoms with Gasteiger partial charge in [0.05, 0.1) is 34.6 Å². The number of hydrogen-bond donors (Lipinski definition) is 2. The number of halogens is 2. The van der Waals surface area contributed by atoms with Crippen LogP contribution >= 0.6 is 20.7 Å². The van der Waals surface area contributed by atoms with Crippen LogP contribution in [-0.2, 0) is 52.8 Å². The molecule has 4 aliphatic heterocycles. The Bertz CT molecular complexity index is 2790. The Kier molecular flexibility index (Phi) is 14.2. The number of nitrogens with one attached hydrogen (secondary N) is 2. The number of fused-ring (bicyclic) bond motifs is 6. The summed E-state index contributed by atoms with van der Waals surface area (Å²) in [5.41, 5.74) is 6.61. The molecule has 0 spiro atoms. The summed E-state index contributed by atoms with van der Waals surface area (Å²) in [6, 6.07) is 17.7. The lowest BCUT2D eigenvalue weighted by molar-refractivity contribution is -0.156. The molecule has 6 heterocycles. The molecule has 4 amide bonds. The number of amides is 4. The third kappa shape index (κ3) is 9.68. The molecular formula is C53H63FIN7O7. The average molecular weight is 1060 g/mol. The number of likely N-dealkylation sites (N-methyl/N-ethyl adjacent to an activating group) is 1. The molecule has 2 aromatic heterocycles. The summed E-state index contributed by atoms with van der Waals surface area (Å²) in [5, 5.41) is 5.67. The minimum Gasteiger partial charge on any atom is -0.464 e. The molecule has 8 rings (SSSR count). The fourth-order valence-corrected chi connectivity index (χ4v) is 12.3. The highest BCUT2D eigenvalue weighted by Gasteiger charge is 2.54. The molecule has 2 fully saturated rings. The number of likely N-dealkylation sites (tertiary alicyclic amines) is 1. The highest BCUT2D eigenvalue weighted by Crippen LogP contribution is 2.43. The smallest absolute Gasteiger partial charge is 0.324 e. The zero-order valence-electron chi connectivity index (χ0n) is 40.8. The van der Waals surface area contributed by atoms with E-state index < -0.39 is 79.5 Å². The van der Waals surface area contributed by atoms with Crippen molar-refractivity contribution in [3.8, 4) is 22.4 Å². The van der Waals surface area contributed by atoms with E-state index in [1.165, 1.54) is 17.0 Å². The summed E-state index contributed by atoms with van der Waals surface area (Å²) in [6.07, 6.45) is 3.93. The minimum absolute atomic E-state index is 0.0201. The van der Waals surface area contributed by atoms with E-state index in [-0.39, 0.29) is 48.3 Å². The van der Waals surface area contributed by atoms with E-state index >= 15 is 9.18 Å². The number of cyclic esters (lactones) is 1. The largest absolute Gasteiger partial charge is 0.464 e. The Balaban J connectivity index is 1.24. The summed E-state index contributed by atoms with van der Waals surface area (Å²) in [7, 11) is 3.03. The summed E-state index contributed by atoms with van der Waals surface area (Å²) >= 11 is -0.660. The van der Waals surface area contributed by atoms with E-state index in [4.69, 9.17) is 14.5 Å². The van der Waals surface area contributed by atoms with Gasteiger partial charge >= 0.3 is 5.97 Å². The van der Waals surface area contributed by atoms with Gasteiger partial charge in [-0.3, -0.25) is 34.0 Å². The SMILES string of the molecule is C=CC(=O)N1CC[C@](F)(C(=O)N(C)C(C(=O)N[C@@]2(C3C=I3)Cc3cccc(c3)-c3ccc4c(c3)c(c(-c3cccnc3[C@H](C)OC)n4CC)CC(C)(C)COC(=O)[C@@H]3CCCN(N3)C2=O)=C(C)C)C1. The summed E-state index contributed by atoms with van der Waals surface area (Å²) in [6.45, 7) is 15.7. The van der Waals surface area contributed by atoms with Gasteiger partial charge in [0.2, 0.25) is 11.6 Å². The first-order valence-electron chi connectivity index (χ1n) is 23.7. The van der Waals surface area contributed by atoms with Crippen LogP contribution in [0.5, 0.6) is 0 Å². The third-order valence-electron chi connectivity index (χ3n) is 13.9. The van der Waals surface area contributed by atoms with Crippen molar-refractivity contribution in [1.29, 1.82) is 0 Å². The number of pyridine rings is 1. The fraction of sp³-hybridized carbons (Fsp3) is 0.453. The maximum absolute atomic E-state index is 16.5. The van der Waals surface area contributed by atoms with Gasteiger partial charge in [-0.1, -0.05) is 50.8 Å². The van der Waals surface area contributed by atoms with Gasteiger partial charge in [-0.2, -0.15) is 0 Å². The molecule has 6 bridgehead atoms. The first-order valence-corrected chi connectivity index (χ1v) is 26.2. The van der Waals surface area contributed by atoms with Crippen LogP contribution in [0.1, 0.15) is 83.7 Å². The monoisotopic (exact) mass is 1060 g/mol. The van der Waals surface area contributed by atoms with Crippen LogP contribution in [0.2, 0.25) is 0 Å². The van der Waals surface area contributed by atoms with Gasteiger partial charge in [-0.25, -0.2) is 9.82 Å². The van der Waals surface area contributed by atoms with Crippen LogP contribution in [0.25, 0.3) is 33.3 Å². The highest BCUT2D eigenvalue weighted by molar-refractivity contribution is 14.2. The van der Waals surface area contributed by atoms with Crippen LogP contribution in [-0.4, -0.2) is 120 Å². The van der Waals surface area contributed by atoms with Crippen molar-refractivity contribution in [2.24, 2.45) is 5.41 Å². The van der Waals surface area contributed by atoms with Crippen LogP contribution in [0.3, 0.4) is 0 Å². The van der Waals surface area contributed by atoms with E-state index in [2.05, 4.69) is 77.0 Å². The molecular weight excluding hydrogens is 993 g/mol. The van der Waals surface area contributed by atoms with Crippen molar-refractivity contribution in [2.45, 2.75) is 107 Å². The number of hydrazine groups is 1. The van der Waals surface area contributed by atoms with E-state index in [1.54, 1.807) is 27.2 Å². The quantitative estimate of drug-likeness (QED) is 0.0730. The van der Waals surface area contributed by atoms with Crippen molar-refractivity contribution in [1.82, 2.24) is 35.1 Å². The number of methoxy groups -OCH3 is 1. The maximum atomic E-state index is 16.5. The lowest BCUT2D eigenvalue weighted by Crippen LogP contribution is -2.69. The van der Waals surface area contributed by atoms with E-state index in [0.717, 1.165) is 61.1 Å². The molecule has 0 saturated carbocycles. The number of rotatable bonds is 10. The van der Waals surface area contributed by atoms with Crippen LogP contribution < -0.4 is 10.7 Å². The van der Waals surface area contributed by atoms with Crippen molar-refractivity contribution in [3.05, 3.63) is 102 Å². The number of hydrogen-bond acceptors (Lipinski definition) is 9. The van der Waals surface area contributed by atoms with Gasteiger partial charge in [0.25, 0.3) is 17.7 Å². The van der Waals surface area contributed by atoms with Crippen LogP contribution in [0, 0.1) is 5.41 Å². The van der Waals surface area contributed by atoms with E-state index in [9.17, 15) is 19.2 Å². The molecule has 5 atom stereocenters. The first kappa shape index (κ1) is 49.8. The second-order valence-electron chi connectivity index (χ2n) is 19.7. The molecule has 2 aromatic carbocycles. The standard InChI is InChI=1S/C53H63FIN7O7/c1-10-43(63)60-24-21-52(54,30-60)49(66)59(8)45(32(3)4)47(64)57-53(42-29-55-42)27-34-15-12-16-35(25-34)36-19-20-41-38(26-36)39(46(61(41)11-2)37-17-13-22-56-44(37)33(5)68-9)28-51(6,7)31-69-48(65)40-18-14-23-62(58-40)50(53)67/h10,12-13,15-17,19-20,22,25-26,29,33,40,42,58H,1,11,14,18,21,23-24,27-28,30-31H2,2-9H3,(H,57,64)/t33-,40-,42?,52+,53+/m0/s1. The van der Waals surface area contributed by atoms with Crippen LogP contribution in [0.4, 0.5) is 4.39 Å². The number of aryl methyl sites for hydroxylation is 1. The van der Waals surface area contributed by atoms with Gasteiger partial charge in [0.1, 0.15) is 17.3 Å². The Morgan fingerprint density at radius 1 is 1.10 bits per heavy atom. The molecule has 366 valence electrons. The zero-order valence-corrected chi connectivity index (χ0v) is 42.9. The number of allylic oxidation sites excluding steroid dienone is 1. The Morgan fingerprint density at radius 3 is 2.55 bits per heavy atom. The Hall–Kier alpha value is -5.59. The highest BCUT2D eigenvalue weighted by atomic mass is 127. The number of esters is 1. The van der Waals surface area contributed by atoms with Crippen molar-refractivity contribution < 1.29 is 37.8 Å². The summed E-state index contributed by atoms with van der Waals surface area (Å²) in [5.74, 6) is -3.08. The normalized spacial score (nSPS) is 23.8. The van der Waals surface area contributed by atoms with Gasteiger partial charge < -0.3 is 29.2 Å². The van der Waals surface area contributed by atoms with Gasteiger partial charge in [0, 0.05) is 74.7 Å². The predicted octanol–water partition coefficient (Wildman–Crippen LogP) is 7.15. The second kappa shape index (κ2) is 19.7. The molecule has 16 heteroatoms. The molecule has 1 unspecified atom stereocenters. The number of nitrogens with zero attached hydrogens (tertiary/aromatic N) is 5. The molecule has 2 N–H and O–H groups in total. The number of carbonyl (C=O) groups is 5. The third-order valence-corrected chi connectivity index (χ3v) is 16.4. The van der Waals surface area contributed by atoms with E-state index in [1.807, 2.05) is 31.2 Å². The summed E-state index contributed by atoms with van der Waals surface area (Å²) in [4.78, 5) is 78.0. The molecule has 4 aromatic rings.